The zero-order chi connectivity index (χ0) is 13.4. The topological polar surface area (TPSA) is 29.1 Å². The number of hydrogen-bond acceptors (Lipinski definition) is 2. The monoisotopic (exact) mass is 285 g/mol. The third-order valence-corrected chi connectivity index (χ3v) is 3.81. The Bertz CT molecular complexity index is 367. The van der Waals surface area contributed by atoms with Crippen LogP contribution in [0.3, 0.4) is 0 Å². The molecule has 0 unspecified atom stereocenters. The van der Waals surface area contributed by atoms with Crippen molar-refractivity contribution in [3.8, 4) is 0 Å². The largest absolute Gasteiger partial charge is 0.354 e. The van der Waals surface area contributed by atoms with Gasteiger partial charge in [-0.3, -0.25) is 4.79 Å². The van der Waals surface area contributed by atoms with Gasteiger partial charge < -0.3 is 5.32 Å². The molecule has 0 aromatic heterocycles. The van der Waals surface area contributed by atoms with Crippen molar-refractivity contribution < 1.29 is 4.79 Å². The summed E-state index contributed by atoms with van der Waals surface area (Å²) in [6, 6.07) is 7.97. The van der Waals surface area contributed by atoms with Crippen molar-refractivity contribution in [2.75, 3.05) is 5.75 Å². The van der Waals surface area contributed by atoms with Crippen LogP contribution in [0.1, 0.15) is 33.1 Å². The summed E-state index contributed by atoms with van der Waals surface area (Å²) in [5, 5.41) is 3.74. The molecule has 1 aromatic carbocycles. The Morgan fingerprint density at radius 1 is 1.39 bits per heavy atom. The third kappa shape index (κ3) is 6.31. The lowest BCUT2D eigenvalue weighted by atomic mass is 10.2. The summed E-state index contributed by atoms with van der Waals surface area (Å²) in [6.45, 7) is 4.17. The molecule has 100 valence electrons. The van der Waals surface area contributed by atoms with Gasteiger partial charge in [-0.1, -0.05) is 24.9 Å². The molecule has 18 heavy (non-hydrogen) atoms. The Hall–Kier alpha value is -0.670. The molecule has 0 radical (unpaired) electrons. The molecular formula is C14H20ClNOS. The number of amides is 1. The number of hydrogen-bond donors (Lipinski definition) is 1. The molecule has 1 rings (SSSR count). The fourth-order valence-corrected chi connectivity index (χ4v) is 2.62. The highest BCUT2D eigenvalue weighted by Gasteiger charge is 2.06. The first-order valence-corrected chi connectivity index (χ1v) is 7.66. The summed E-state index contributed by atoms with van der Waals surface area (Å²) in [5.74, 6) is 0.934. The lowest BCUT2D eigenvalue weighted by Crippen LogP contribution is -2.32. The molecule has 2 nitrogen and oxygen atoms in total. The number of carbonyl (C=O) groups is 1. The lowest BCUT2D eigenvalue weighted by Gasteiger charge is -2.12. The smallest absolute Gasteiger partial charge is 0.221 e. The molecule has 0 spiro atoms. The quantitative estimate of drug-likeness (QED) is 0.763. The van der Waals surface area contributed by atoms with E-state index in [1.807, 2.05) is 31.2 Å². The average molecular weight is 286 g/mol. The molecule has 1 amide bonds. The highest BCUT2D eigenvalue weighted by Crippen LogP contribution is 2.20. The molecule has 0 fully saturated rings. The van der Waals surface area contributed by atoms with Crippen LogP contribution in [0.4, 0.5) is 0 Å². The fourth-order valence-electron chi connectivity index (χ4n) is 1.64. The summed E-state index contributed by atoms with van der Waals surface area (Å²) >= 11 is 7.49. The molecule has 1 N–H and O–H groups in total. The zero-order valence-corrected chi connectivity index (χ0v) is 12.5. The van der Waals surface area contributed by atoms with Crippen LogP contribution in [0.2, 0.25) is 5.02 Å². The molecule has 1 aromatic rings. The zero-order valence-electron chi connectivity index (χ0n) is 10.9. The molecule has 0 aliphatic rings. The summed E-state index contributed by atoms with van der Waals surface area (Å²) in [4.78, 5) is 12.8. The predicted octanol–water partition coefficient (Wildman–Crippen LogP) is 4.13. The van der Waals surface area contributed by atoms with Crippen LogP contribution in [0.5, 0.6) is 0 Å². The van der Waals surface area contributed by atoms with Crippen LogP contribution in [0, 0.1) is 0 Å². The summed E-state index contributed by atoms with van der Waals surface area (Å²) in [6.07, 6.45) is 2.69. The maximum absolute atomic E-state index is 11.6. The Balaban J connectivity index is 2.21. The van der Waals surface area contributed by atoms with Gasteiger partial charge in [-0.2, -0.15) is 0 Å². The van der Waals surface area contributed by atoms with E-state index in [1.165, 1.54) is 0 Å². The van der Waals surface area contributed by atoms with Crippen molar-refractivity contribution >= 4 is 29.3 Å². The van der Waals surface area contributed by atoms with Crippen LogP contribution < -0.4 is 5.32 Å². The Labute approximate surface area is 118 Å². The Morgan fingerprint density at radius 2 is 2.06 bits per heavy atom. The van der Waals surface area contributed by atoms with Gasteiger partial charge >= 0.3 is 0 Å². The second-order valence-corrected chi connectivity index (χ2v) is 5.91. The Morgan fingerprint density at radius 3 is 2.67 bits per heavy atom. The molecule has 0 bridgehead atoms. The van der Waals surface area contributed by atoms with E-state index < -0.39 is 0 Å². The van der Waals surface area contributed by atoms with E-state index in [0.29, 0.717) is 6.42 Å². The van der Waals surface area contributed by atoms with Crippen molar-refractivity contribution in [2.45, 2.75) is 44.0 Å². The lowest BCUT2D eigenvalue weighted by molar-refractivity contribution is -0.121. The van der Waals surface area contributed by atoms with Crippen molar-refractivity contribution in [3.05, 3.63) is 29.3 Å². The van der Waals surface area contributed by atoms with Gasteiger partial charge in [-0.05, 0) is 37.6 Å². The van der Waals surface area contributed by atoms with Gasteiger partial charge in [0.05, 0.1) is 0 Å². The summed E-state index contributed by atoms with van der Waals surface area (Å²) < 4.78 is 0. The number of carbonyl (C=O) groups excluding carboxylic acids is 1. The van der Waals surface area contributed by atoms with Gasteiger partial charge in [0.15, 0.2) is 0 Å². The first-order chi connectivity index (χ1) is 8.61. The maximum Gasteiger partial charge on any atom is 0.221 e. The van der Waals surface area contributed by atoms with Crippen molar-refractivity contribution in [1.29, 1.82) is 0 Å². The fraction of sp³-hybridized carbons (Fsp3) is 0.500. The van der Waals surface area contributed by atoms with Crippen LogP contribution in [-0.2, 0) is 4.79 Å². The molecule has 0 aliphatic carbocycles. The minimum absolute atomic E-state index is 0.136. The predicted molar refractivity (Wildman–Crippen MR) is 79.3 cm³/mol. The molecule has 0 aliphatic heterocycles. The number of halogens is 1. The number of rotatable bonds is 7. The molecule has 0 saturated carbocycles. The van der Waals surface area contributed by atoms with E-state index in [0.717, 1.165) is 28.5 Å². The van der Waals surface area contributed by atoms with Crippen molar-refractivity contribution in [2.24, 2.45) is 0 Å². The number of benzene rings is 1. The third-order valence-electron chi connectivity index (χ3n) is 2.54. The minimum atomic E-state index is 0.136. The maximum atomic E-state index is 11.6. The van der Waals surface area contributed by atoms with E-state index in [1.54, 1.807) is 11.8 Å². The highest BCUT2D eigenvalue weighted by molar-refractivity contribution is 7.99. The second kappa shape index (κ2) is 8.44. The van der Waals surface area contributed by atoms with E-state index in [-0.39, 0.29) is 11.9 Å². The number of thioether (sulfide) groups is 1. The van der Waals surface area contributed by atoms with Gasteiger partial charge in [0, 0.05) is 28.1 Å². The van der Waals surface area contributed by atoms with Gasteiger partial charge in [0.2, 0.25) is 5.91 Å². The van der Waals surface area contributed by atoms with Crippen LogP contribution >= 0.6 is 23.4 Å². The molecular weight excluding hydrogens is 266 g/mol. The van der Waals surface area contributed by atoms with Crippen molar-refractivity contribution in [1.82, 2.24) is 5.32 Å². The minimum Gasteiger partial charge on any atom is -0.354 e. The van der Waals surface area contributed by atoms with Crippen molar-refractivity contribution in [3.63, 3.8) is 0 Å². The summed E-state index contributed by atoms with van der Waals surface area (Å²) in [7, 11) is 0. The average Bonchev–Trinajstić information content (AvgIpc) is 2.32. The molecule has 4 heteroatoms. The van der Waals surface area contributed by atoms with E-state index in [9.17, 15) is 4.79 Å². The van der Waals surface area contributed by atoms with Gasteiger partial charge in [0.1, 0.15) is 0 Å². The van der Waals surface area contributed by atoms with Gasteiger partial charge in [0.25, 0.3) is 0 Å². The standard InChI is InChI=1S/C14H20ClNOS/c1-3-4-11(2)16-14(17)9-10-18-13-7-5-12(15)6-8-13/h5-8,11H,3-4,9-10H2,1-2H3,(H,16,17)/t11-/m1/s1. The SMILES string of the molecule is CCC[C@@H](C)NC(=O)CCSc1ccc(Cl)cc1. The van der Waals surface area contributed by atoms with Crippen LogP contribution in [0.15, 0.2) is 29.2 Å². The first-order valence-electron chi connectivity index (χ1n) is 6.29. The van der Waals surface area contributed by atoms with E-state index in [4.69, 9.17) is 11.6 Å². The molecule has 0 saturated heterocycles. The summed E-state index contributed by atoms with van der Waals surface area (Å²) in [5.41, 5.74) is 0. The van der Waals surface area contributed by atoms with E-state index >= 15 is 0 Å². The van der Waals surface area contributed by atoms with Gasteiger partial charge in [-0.25, -0.2) is 0 Å². The molecule has 1 atom stereocenters. The van der Waals surface area contributed by atoms with Gasteiger partial charge in [-0.15, -0.1) is 11.8 Å². The number of nitrogens with one attached hydrogen (secondary N) is 1. The van der Waals surface area contributed by atoms with Crippen LogP contribution in [0.25, 0.3) is 0 Å². The first kappa shape index (κ1) is 15.4. The van der Waals surface area contributed by atoms with E-state index in [2.05, 4.69) is 12.2 Å². The molecule has 0 heterocycles. The normalized spacial score (nSPS) is 12.2. The highest BCUT2D eigenvalue weighted by atomic mass is 35.5. The Kier molecular flexibility index (Phi) is 7.21. The van der Waals surface area contributed by atoms with Crippen LogP contribution in [-0.4, -0.2) is 17.7 Å². The second-order valence-electron chi connectivity index (χ2n) is 4.31.